The smallest absolute Gasteiger partial charge is 0.292 e. The third-order valence-electron chi connectivity index (χ3n) is 5.13. The van der Waals surface area contributed by atoms with Crippen LogP contribution >= 0.6 is 0 Å². The quantitative estimate of drug-likeness (QED) is 0.620. The van der Waals surface area contributed by atoms with Crippen LogP contribution in [0.25, 0.3) is 0 Å². The summed E-state index contributed by atoms with van der Waals surface area (Å²) in [4.78, 5) is 25.4. The van der Waals surface area contributed by atoms with Gasteiger partial charge < -0.3 is 10.2 Å². The molecule has 1 heterocycles. The Kier molecular flexibility index (Phi) is 5.74. The fourth-order valence-electron chi connectivity index (χ4n) is 3.46. The van der Waals surface area contributed by atoms with E-state index >= 15 is 0 Å². The molecule has 0 bridgehead atoms. The summed E-state index contributed by atoms with van der Waals surface area (Å²) >= 11 is 0. The third-order valence-corrected chi connectivity index (χ3v) is 5.13. The molecule has 1 fully saturated rings. The average molecular weight is 367 g/mol. The van der Waals surface area contributed by atoms with Gasteiger partial charge in [0.25, 0.3) is 5.69 Å². The van der Waals surface area contributed by atoms with E-state index in [1.54, 1.807) is 12.1 Å². The van der Waals surface area contributed by atoms with Crippen LogP contribution in [-0.2, 0) is 4.79 Å². The van der Waals surface area contributed by atoms with E-state index in [0.29, 0.717) is 37.5 Å². The molecule has 1 aliphatic heterocycles. The number of benzene rings is 2. The van der Waals surface area contributed by atoms with Crippen molar-refractivity contribution in [1.82, 2.24) is 0 Å². The first kappa shape index (κ1) is 18.9. The number of carbonyl (C=O) groups excluding carboxylic acids is 1. The van der Waals surface area contributed by atoms with Gasteiger partial charge in [-0.05, 0) is 42.5 Å². The molecule has 0 unspecified atom stereocenters. The van der Waals surface area contributed by atoms with Crippen LogP contribution in [0.5, 0.6) is 0 Å². The largest absolute Gasteiger partial charge is 0.366 e. The second kappa shape index (κ2) is 8.20. The van der Waals surface area contributed by atoms with Gasteiger partial charge in [-0.25, -0.2) is 0 Å². The molecular formula is C21H25N3O3. The number of nitrogens with zero attached hydrogens (tertiary/aromatic N) is 2. The minimum Gasteiger partial charge on any atom is -0.366 e. The zero-order valence-corrected chi connectivity index (χ0v) is 15.7. The summed E-state index contributed by atoms with van der Waals surface area (Å²) in [6.45, 7) is 5.54. The van der Waals surface area contributed by atoms with Gasteiger partial charge in [-0.2, -0.15) is 0 Å². The normalized spacial score (nSPS) is 15.0. The first-order valence-corrected chi connectivity index (χ1v) is 9.35. The van der Waals surface area contributed by atoms with Gasteiger partial charge in [-0.1, -0.05) is 38.1 Å². The zero-order chi connectivity index (χ0) is 19.4. The van der Waals surface area contributed by atoms with E-state index < -0.39 is 0 Å². The Hall–Kier alpha value is -2.89. The average Bonchev–Trinajstić information content (AvgIpc) is 2.68. The number of piperidine rings is 1. The summed E-state index contributed by atoms with van der Waals surface area (Å²) in [5, 5.41) is 14.2. The third kappa shape index (κ3) is 4.45. The van der Waals surface area contributed by atoms with Crippen molar-refractivity contribution in [1.29, 1.82) is 0 Å². The highest BCUT2D eigenvalue weighted by Gasteiger charge is 2.28. The summed E-state index contributed by atoms with van der Waals surface area (Å²) in [7, 11) is 0. The standard InChI is InChI=1S/C21H25N3O3/c1-15(2)16-7-9-18(10-8-16)22-21(25)17-11-13-23(14-12-17)19-5-3-4-6-20(19)24(26)27/h3-10,15,17H,11-14H2,1-2H3,(H,22,25). The molecule has 0 spiro atoms. The summed E-state index contributed by atoms with van der Waals surface area (Å²) in [5.74, 6) is 0.407. The maximum Gasteiger partial charge on any atom is 0.292 e. The van der Waals surface area contributed by atoms with Crippen LogP contribution in [-0.4, -0.2) is 23.9 Å². The molecular weight excluding hydrogens is 342 g/mol. The Morgan fingerprint density at radius 3 is 2.33 bits per heavy atom. The van der Waals surface area contributed by atoms with E-state index in [1.807, 2.05) is 35.2 Å². The topological polar surface area (TPSA) is 75.5 Å². The Morgan fingerprint density at radius 2 is 1.74 bits per heavy atom. The second-order valence-corrected chi connectivity index (χ2v) is 7.27. The Balaban J connectivity index is 1.59. The molecule has 0 saturated carbocycles. The van der Waals surface area contributed by atoms with E-state index in [4.69, 9.17) is 0 Å². The van der Waals surface area contributed by atoms with E-state index in [9.17, 15) is 14.9 Å². The SMILES string of the molecule is CC(C)c1ccc(NC(=O)C2CCN(c3ccccc3[N+](=O)[O-])CC2)cc1. The van der Waals surface area contributed by atoms with Crippen LogP contribution in [0.1, 0.15) is 38.2 Å². The van der Waals surface area contributed by atoms with Crippen LogP contribution in [0.3, 0.4) is 0 Å². The van der Waals surface area contributed by atoms with Crippen molar-refractivity contribution in [2.24, 2.45) is 5.92 Å². The number of rotatable bonds is 5. The van der Waals surface area contributed by atoms with Crippen molar-refractivity contribution >= 4 is 23.0 Å². The highest BCUT2D eigenvalue weighted by Crippen LogP contribution is 2.31. The van der Waals surface area contributed by atoms with Gasteiger partial charge in [0.15, 0.2) is 0 Å². The minimum atomic E-state index is -0.352. The number of amides is 1. The highest BCUT2D eigenvalue weighted by molar-refractivity contribution is 5.92. The van der Waals surface area contributed by atoms with Gasteiger partial charge in [-0.3, -0.25) is 14.9 Å². The summed E-state index contributed by atoms with van der Waals surface area (Å²) in [5.41, 5.74) is 2.80. The molecule has 0 aromatic heterocycles. The van der Waals surface area contributed by atoms with Gasteiger partial charge >= 0.3 is 0 Å². The molecule has 6 nitrogen and oxygen atoms in total. The van der Waals surface area contributed by atoms with Crippen molar-refractivity contribution in [3.8, 4) is 0 Å². The van der Waals surface area contributed by atoms with Crippen molar-refractivity contribution in [3.63, 3.8) is 0 Å². The Bertz CT molecular complexity index is 810. The van der Waals surface area contributed by atoms with Gasteiger partial charge in [0.1, 0.15) is 5.69 Å². The fraction of sp³-hybridized carbons (Fsp3) is 0.381. The number of carbonyl (C=O) groups is 1. The fourth-order valence-corrected chi connectivity index (χ4v) is 3.46. The van der Waals surface area contributed by atoms with Crippen LogP contribution in [0.15, 0.2) is 48.5 Å². The van der Waals surface area contributed by atoms with Gasteiger partial charge in [0.05, 0.1) is 4.92 Å². The monoisotopic (exact) mass is 367 g/mol. The van der Waals surface area contributed by atoms with Crippen LogP contribution in [0, 0.1) is 16.0 Å². The molecule has 27 heavy (non-hydrogen) atoms. The first-order valence-electron chi connectivity index (χ1n) is 9.35. The Morgan fingerprint density at radius 1 is 1.11 bits per heavy atom. The molecule has 3 rings (SSSR count). The molecule has 0 radical (unpaired) electrons. The van der Waals surface area contributed by atoms with Crippen molar-refractivity contribution < 1.29 is 9.72 Å². The lowest BCUT2D eigenvalue weighted by molar-refractivity contribution is -0.384. The molecule has 1 aliphatic rings. The number of hydrogen-bond donors (Lipinski definition) is 1. The number of nitro benzene ring substituents is 1. The zero-order valence-electron chi connectivity index (χ0n) is 15.7. The summed E-state index contributed by atoms with van der Waals surface area (Å²) < 4.78 is 0. The number of anilines is 2. The number of hydrogen-bond acceptors (Lipinski definition) is 4. The molecule has 142 valence electrons. The predicted octanol–water partition coefficient (Wildman–Crippen LogP) is 4.57. The second-order valence-electron chi connectivity index (χ2n) is 7.27. The van der Waals surface area contributed by atoms with Gasteiger partial charge in [0, 0.05) is 30.8 Å². The van der Waals surface area contributed by atoms with Crippen molar-refractivity contribution in [2.75, 3.05) is 23.3 Å². The Labute approximate surface area is 159 Å². The minimum absolute atomic E-state index is 0.0227. The predicted molar refractivity (Wildman–Crippen MR) is 107 cm³/mol. The van der Waals surface area contributed by atoms with E-state index in [0.717, 1.165) is 5.69 Å². The maximum atomic E-state index is 12.6. The van der Waals surface area contributed by atoms with Crippen LogP contribution in [0.4, 0.5) is 17.1 Å². The molecule has 6 heteroatoms. The van der Waals surface area contributed by atoms with Crippen LogP contribution in [0.2, 0.25) is 0 Å². The molecule has 1 N–H and O–H groups in total. The van der Waals surface area contributed by atoms with E-state index in [-0.39, 0.29) is 22.4 Å². The lowest BCUT2D eigenvalue weighted by Crippen LogP contribution is -2.38. The lowest BCUT2D eigenvalue weighted by atomic mass is 9.95. The molecule has 1 saturated heterocycles. The number of para-hydroxylation sites is 2. The van der Waals surface area contributed by atoms with Crippen molar-refractivity contribution in [2.45, 2.75) is 32.6 Å². The lowest BCUT2D eigenvalue weighted by Gasteiger charge is -2.32. The van der Waals surface area contributed by atoms with E-state index in [1.165, 1.54) is 11.6 Å². The molecule has 1 amide bonds. The summed E-state index contributed by atoms with van der Waals surface area (Å²) in [6, 6.07) is 14.7. The van der Waals surface area contributed by atoms with Crippen molar-refractivity contribution in [3.05, 3.63) is 64.2 Å². The molecule has 0 atom stereocenters. The van der Waals surface area contributed by atoms with Gasteiger partial charge in [-0.15, -0.1) is 0 Å². The first-order chi connectivity index (χ1) is 13.0. The van der Waals surface area contributed by atoms with E-state index in [2.05, 4.69) is 19.2 Å². The highest BCUT2D eigenvalue weighted by atomic mass is 16.6. The number of nitro groups is 1. The maximum absolute atomic E-state index is 12.6. The molecule has 0 aliphatic carbocycles. The molecule has 2 aromatic rings. The number of nitrogens with one attached hydrogen (secondary N) is 1. The summed E-state index contributed by atoms with van der Waals surface area (Å²) in [6.07, 6.45) is 1.36. The van der Waals surface area contributed by atoms with Gasteiger partial charge in [0.2, 0.25) is 5.91 Å². The molecule has 2 aromatic carbocycles. The van der Waals surface area contributed by atoms with Crippen LogP contribution < -0.4 is 10.2 Å².